The van der Waals surface area contributed by atoms with Gasteiger partial charge in [0.2, 0.25) is 5.96 Å². The topological polar surface area (TPSA) is 58.7 Å². The van der Waals surface area contributed by atoms with Crippen molar-refractivity contribution in [2.75, 3.05) is 17.2 Å². The van der Waals surface area contributed by atoms with Crippen LogP contribution in [0.3, 0.4) is 0 Å². The predicted octanol–water partition coefficient (Wildman–Crippen LogP) is 4.18. The minimum atomic E-state index is -0.993. The number of rotatable bonds is 1. The lowest BCUT2D eigenvalue weighted by atomic mass is 10.3. The molecule has 0 fully saturated rings. The third kappa shape index (κ3) is 3.67. The first-order valence-electron chi connectivity index (χ1n) is 7.10. The number of halogens is 2. The van der Waals surface area contributed by atoms with Gasteiger partial charge in [0.05, 0.1) is 27.1 Å². The van der Waals surface area contributed by atoms with E-state index >= 15 is 0 Å². The van der Waals surface area contributed by atoms with E-state index in [4.69, 9.17) is 5.73 Å². The van der Waals surface area contributed by atoms with Gasteiger partial charge < -0.3 is 10.6 Å². The Hall–Kier alpha value is -1.18. The number of guanidine groups is 1. The number of anilines is 1. The molecule has 2 aromatic carbocycles. The second-order valence-corrected chi connectivity index (χ2v) is 8.40. The maximum Gasteiger partial charge on any atom is 0.201 e. The van der Waals surface area contributed by atoms with E-state index in [1.54, 1.807) is 0 Å². The van der Waals surface area contributed by atoms with Gasteiger partial charge in [-0.25, -0.2) is 4.99 Å². The van der Waals surface area contributed by atoms with Crippen molar-refractivity contribution in [3.63, 3.8) is 0 Å². The minimum absolute atomic E-state index is 0.398. The highest BCUT2D eigenvalue weighted by molar-refractivity contribution is 9.11. The Morgan fingerprint density at radius 1 is 1.22 bits per heavy atom. The van der Waals surface area contributed by atoms with Gasteiger partial charge in [0.25, 0.3) is 0 Å². The molecule has 1 aliphatic heterocycles. The molecule has 1 unspecified atom stereocenters. The van der Waals surface area contributed by atoms with Crippen LogP contribution in [-0.2, 0) is 10.8 Å². The fraction of sp³-hybridized carbons (Fsp3) is 0.188. The first-order valence-corrected chi connectivity index (χ1v) is 10.0. The van der Waals surface area contributed by atoms with Crippen molar-refractivity contribution in [1.82, 2.24) is 0 Å². The summed E-state index contributed by atoms with van der Waals surface area (Å²) in [6.45, 7) is 0.698. The van der Waals surface area contributed by atoms with Gasteiger partial charge >= 0.3 is 0 Å². The smallest absolute Gasteiger partial charge is 0.201 e. The first-order chi connectivity index (χ1) is 11.1. The molecule has 1 atom stereocenters. The summed E-state index contributed by atoms with van der Waals surface area (Å²) in [6.07, 6.45) is 0.803. The van der Waals surface area contributed by atoms with Crippen LogP contribution in [-0.4, -0.2) is 22.5 Å². The zero-order valence-corrected chi connectivity index (χ0v) is 16.2. The third-order valence-corrected chi connectivity index (χ3v) is 6.19. The molecule has 1 aliphatic rings. The molecule has 3 rings (SSSR count). The SMILES string of the molecule is NC(=Nc1cc(Br)ccc1Br)N1CCCS(=O)c2ccccc21. The highest BCUT2D eigenvalue weighted by Crippen LogP contribution is 2.31. The molecule has 0 spiro atoms. The summed E-state index contributed by atoms with van der Waals surface area (Å²) < 4.78 is 14.1. The molecule has 1 heterocycles. The molecule has 4 nitrogen and oxygen atoms in total. The molecule has 2 N–H and O–H groups in total. The van der Waals surface area contributed by atoms with Crippen molar-refractivity contribution in [2.24, 2.45) is 10.7 Å². The Balaban J connectivity index is 2.03. The average Bonchev–Trinajstić information content (AvgIpc) is 2.71. The van der Waals surface area contributed by atoms with Crippen LogP contribution in [0.4, 0.5) is 11.4 Å². The second kappa shape index (κ2) is 7.15. The highest BCUT2D eigenvalue weighted by atomic mass is 79.9. The van der Waals surface area contributed by atoms with Crippen molar-refractivity contribution < 1.29 is 4.21 Å². The Kier molecular flexibility index (Phi) is 5.18. The summed E-state index contributed by atoms with van der Waals surface area (Å²) in [5, 5.41) is 0. The zero-order valence-electron chi connectivity index (χ0n) is 12.2. The standard InChI is InChI=1S/C16H15Br2N3OS/c17-11-6-7-12(18)13(10-11)20-16(19)21-8-3-9-23(22)15-5-2-1-4-14(15)21/h1-2,4-7,10H,3,8-9H2,(H2,19,20). The molecule has 23 heavy (non-hydrogen) atoms. The van der Waals surface area contributed by atoms with Crippen LogP contribution in [0.25, 0.3) is 0 Å². The molecule has 0 saturated heterocycles. The maximum absolute atomic E-state index is 12.3. The van der Waals surface area contributed by atoms with Gasteiger partial charge in [0.1, 0.15) is 0 Å². The van der Waals surface area contributed by atoms with Gasteiger partial charge in [0.15, 0.2) is 0 Å². The van der Waals surface area contributed by atoms with E-state index in [2.05, 4.69) is 36.9 Å². The largest absolute Gasteiger partial charge is 0.369 e. The fourth-order valence-electron chi connectivity index (χ4n) is 2.45. The minimum Gasteiger partial charge on any atom is -0.369 e. The summed E-state index contributed by atoms with van der Waals surface area (Å²) in [5.41, 5.74) is 7.89. The van der Waals surface area contributed by atoms with Crippen LogP contribution in [0.2, 0.25) is 0 Å². The summed E-state index contributed by atoms with van der Waals surface area (Å²) in [4.78, 5) is 7.31. The van der Waals surface area contributed by atoms with Gasteiger partial charge in [-0.3, -0.25) is 4.21 Å². The van der Waals surface area contributed by atoms with Gasteiger partial charge in [-0.2, -0.15) is 0 Å². The number of para-hydroxylation sites is 1. The molecule has 7 heteroatoms. The maximum atomic E-state index is 12.3. The van der Waals surface area contributed by atoms with E-state index < -0.39 is 10.8 Å². The van der Waals surface area contributed by atoms with E-state index in [0.29, 0.717) is 18.3 Å². The summed E-state index contributed by atoms with van der Waals surface area (Å²) in [5.74, 6) is 1.04. The van der Waals surface area contributed by atoms with E-state index in [0.717, 1.165) is 31.6 Å². The molecule has 0 saturated carbocycles. The summed E-state index contributed by atoms with van der Waals surface area (Å²) >= 11 is 6.93. The summed E-state index contributed by atoms with van der Waals surface area (Å²) in [7, 11) is -0.993. The zero-order chi connectivity index (χ0) is 16.4. The lowest BCUT2D eigenvalue weighted by molar-refractivity contribution is 0.682. The van der Waals surface area contributed by atoms with Crippen LogP contribution in [0.15, 0.2) is 61.3 Å². The van der Waals surface area contributed by atoms with Crippen LogP contribution < -0.4 is 10.6 Å². The number of aliphatic imine (C=N–C) groups is 1. The van der Waals surface area contributed by atoms with E-state index in [1.807, 2.05) is 47.4 Å². The number of nitrogens with zero attached hydrogens (tertiary/aromatic N) is 2. The van der Waals surface area contributed by atoms with Crippen LogP contribution in [0, 0.1) is 0 Å². The molecule has 0 amide bonds. The normalized spacial score (nSPS) is 18.4. The van der Waals surface area contributed by atoms with Crippen molar-refractivity contribution >= 4 is 60.0 Å². The van der Waals surface area contributed by atoms with E-state index in [9.17, 15) is 4.21 Å². The molecule has 0 radical (unpaired) electrons. The Bertz CT molecular complexity index is 795. The van der Waals surface area contributed by atoms with Gasteiger partial charge in [0, 0.05) is 21.2 Å². The Labute approximate surface area is 154 Å². The highest BCUT2D eigenvalue weighted by Gasteiger charge is 2.21. The molecule has 0 aromatic heterocycles. The predicted molar refractivity (Wildman–Crippen MR) is 103 cm³/mol. The summed E-state index contributed by atoms with van der Waals surface area (Å²) in [6, 6.07) is 13.4. The lowest BCUT2D eigenvalue weighted by Gasteiger charge is -2.23. The van der Waals surface area contributed by atoms with Crippen molar-refractivity contribution in [2.45, 2.75) is 11.3 Å². The average molecular weight is 457 g/mol. The Morgan fingerprint density at radius 2 is 2.00 bits per heavy atom. The molecule has 0 aliphatic carbocycles. The first kappa shape index (κ1) is 16.7. The quantitative estimate of drug-likeness (QED) is 0.517. The number of benzene rings is 2. The van der Waals surface area contributed by atoms with Gasteiger partial charge in [-0.1, -0.05) is 28.1 Å². The number of nitrogens with two attached hydrogens (primary N) is 1. The molecule has 0 bridgehead atoms. The number of fused-ring (bicyclic) bond motifs is 1. The van der Waals surface area contributed by atoms with Gasteiger partial charge in [-0.05, 0) is 52.7 Å². The molecular weight excluding hydrogens is 442 g/mol. The van der Waals surface area contributed by atoms with Crippen LogP contribution in [0.5, 0.6) is 0 Å². The van der Waals surface area contributed by atoms with Crippen molar-refractivity contribution in [3.8, 4) is 0 Å². The van der Waals surface area contributed by atoms with E-state index in [1.165, 1.54) is 0 Å². The fourth-order valence-corrected chi connectivity index (χ4v) is 4.39. The second-order valence-electron chi connectivity index (χ2n) is 5.09. The van der Waals surface area contributed by atoms with Gasteiger partial charge in [-0.15, -0.1) is 0 Å². The molecular formula is C16H15Br2N3OS. The van der Waals surface area contributed by atoms with Crippen LogP contribution in [0.1, 0.15) is 6.42 Å². The molecule has 120 valence electrons. The Morgan fingerprint density at radius 3 is 2.83 bits per heavy atom. The van der Waals surface area contributed by atoms with Crippen LogP contribution >= 0.6 is 31.9 Å². The van der Waals surface area contributed by atoms with E-state index in [-0.39, 0.29) is 0 Å². The van der Waals surface area contributed by atoms with Crippen molar-refractivity contribution in [1.29, 1.82) is 0 Å². The number of hydrogen-bond acceptors (Lipinski definition) is 2. The monoisotopic (exact) mass is 455 g/mol. The lowest BCUT2D eigenvalue weighted by Crippen LogP contribution is -2.38. The number of hydrogen-bond donors (Lipinski definition) is 1. The third-order valence-electron chi connectivity index (χ3n) is 3.53. The molecule has 2 aromatic rings. The van der Waals surface area contributed by atoms with Crippen molar-refractivity contribution in [3.05, 3.63) is 51.4 Å².